The summed E-state index contributed by atoms with van der Waals surface area (Å²) in [5.74, 6) is 0. The highest BCUT2D eigenvalue weighted by molar-refractivity contribution is 5.76. The first-order chi connectivity index (χ1) is 11.9. The molecule has 2 amide bonds. The van der Waals surface area contributed by atoms with E-state index in [-0.39, 0.29) is 13.1 Å². The fourth-order valence-electron chi connectivity index (χ4n) is 2.04. The van der Waals surface area contributed by atoms with Crippen molar-refractivity contribution < 1.29 is 23.9 Å². The standard InChI is InChI=1S/C19H28N2O5/c1-18(2,3)25-16(23)20-10-13-7-14(9-15(8-13)12-22)11-21-17(24)26-19(4,5)6/h7-9,12H,10-11H2,1-6H3,(H,20,23)(H,21,24). The normalized spacial score (nSPS) is 11.5. The van der Waals surface area contributed by atoms with Crippen molar-refractivity contribution in [2.75, 3.05) is 0 Å². The van der Waals surface area contributed by atoms with Crippen LogP contribution >= 0.6 is 0 Å². The first-order valence-corrected chi connectivity index (χ1v) is 8.40. The van der Waals surface area contributed by atoms with Gasteiger partial charge in [0.15, 0.2) is 0 Å². The highest BCUT2D eigenvalue weighted by atomic mass is 16.6. The van der Waals surface area contributed by atoms with Crippen molar-refractivity contribution in [2.45, 2.75) is 65.8 Å². The second-order valence-electron chi connectivity index (χ2n) is 7.91. The topological polar surface area (TPSA) is 93.7 Å². The van der Waals surface area contributed by atoms with Crippen LogP contribution in [0.15, 0.2) is 18.2 Å². The van der Waals surface area contributed by atoms with Gasteiger partial charge in [-0.1, -0.05) is 6.07 Å². The van der Waals surface area contributed by atoms with Crippen molar-refractivity contribution in [1.29, 1.82) is 0 Å². The Morgan fingerprint density at radius 2 is 1.23 bits per heavy atom. The minimum atomic E-state index is -0.586. The van der Waals surface area contributed by atoms with Gasteiger partial charge in [-0.15, -0.1) is 0 Å². The lowest BCUT2D eigenvalue weighted by molar-refractivity contribution is 0.0513. The van der Waals surface area contributed by atoms with Gasteiger partial charge in [0.2, 0.25) is 0 Å². The molecule has 0 aliphatic carbocycles. The van der Waals surface area contributed by atoms with Crippen LogP contribution < -0.4 is 10.6 Å². The van der Waals surface area contributed by atoms with Gasteiger partial charge in [-0.3, -0.25) is 4.79 Å². The van der Waals surface area contributed by atoms with E-state index in [9.17, 15) is 14.4 Å². The summed E-state index contributed by atoms with van der Waals surface area (Å²) in [6, 6.07) is 5.13. The van der Waals surface area contributed by atoms with Crippen molar-refractivity contribution >= 4 is 18.5 Å². The molecular weight excluding hydrogens is 336 g/mol. The highest BCUT2D eigenvalue weighted by Crippen LogP contribution is 2.12. The lowest BCUT2D eigenvalue weighted by Gasteiger charge is -2.20. The molecule has 7 heteroatoms. The third-order valence-electron chi connectivity index (χ3n) is 2.88. The molecule has 26 heavy (non-hydrogen) atoms. The number of ether oxygens (including phenoxy) is 2. The van der Waals surface area contributed by atoms with E-state index in [0.717, 1.165) is 11.1 Å². The SMILES string of the molecule is CC(C)(C)OC(=O)NCc1cc(C=O)cc(CNC(=O)OC(C)(C)C)c1. The van der Waals surface area contributed by atoms with E-state index in [2.05, 4.69) is 10.6 Å². The minimum absolute atomic E-state index is 0.204. The molecule has 0 atom stereocenters. The molecule has 0 aliphatic rings. The van der Waals surface area contributed by atoms with E-state index in [4.69, 9.17) is 9.47 Å². The van der Waals surface area contributed by atoms with Crippen molar-refractivity contribution in [1.82, 2.24) is 10.6 Å². The van der Waals surface area contributed by atoms with Crippen molar-refractivity contribution in [2.24, 2.45) is 0 Å². The second kappa shape index (κ2) is 8.69. The maximum Gasteiger partial charge on any atom is 0.407 e. The van der Waals surface area contributed by atoms with Crippen LogP contribution in [0.3, 0.4) is 0 Å². The molecule has 1 aromatic rings. The third-order valence-corrected chi connectivity index (χ3v) is 2.88. The number of carbonyl (C=O) groups is 3. The Balaban J connectivity index is 2.71. The lowest BCUT2D eigenvalue weighted by atomic mass is 10.1. The summed E-state index contributed by atoms with van der Waals surface area (Å²) in [6.45, 7) is 11.1. The maximum absolute atomic E-state index is 11.7. The molecule has 0 heterocycles. The Hall–Kier alpha value is -2.57. The number of amides is 2. The summed E-state index contributed by atoms with van der Waals surface area (Å²) in [6.07, 6.45) is -0.363. The van der Waals surface area contributed by atoms with Crippen LogP contribution in [0.1, 0.15) is 63.0 Å². The molecule has 0 aliphatic heterocycles. The van der Waals surface area contributed by atoms with E-state index in [1.807, 2.05) is 0 Å². The van der Waals surface area contributed by atoms with Crippen LogP contribution in [0.25, 0.3) is 0 Å². The number of benzene rings is 1. The summed E-state index contributed by atoms with van der Waals surface area (Å²) in [7, 11) is 0. The zero-order chi connectivity index (χ0) is 20.0. The van der Waals surface area contributed by atoms with E-state index >= 15 is 0 Å². The fraction of sp³-hybridized carbons (Fsp3) is 0.526. The molecule has 0 spiro atoms. The van der Waals surface area contributed by atoms with E-state index in [0.29, 0.717) is 11.8 Å². The number of aldehydes is 1. The zero-order valence-electron chi connectivity index (χ0n) is 16.3. The van der Waals surface area contributed by atoms with Crippen LogP contribution in [0, 0.1) is 0 Å². The molecule has 0 saturated heterocycles. The Kier molecular flexibility index (Phi) is 7.18. The fourth-order valence-corrected chi connectivity index (χ4v) is 2.04. The maximum atomic E-state index is 11.7. The van der Waals surface area contributed by atoms with E-state index in [1.165, 1.54) is 0 Å². The minimum Gasteiger partial charge on any atom is -0.444 e. The number of carbonyl (C=O) groups excluding carboxylic acids is 3. The van der Waals surface area contributed by atoms with Gasteiger partial charge in [0, 0.05) is 18.7 Å². The molecule has 0 fully saturated rings. The Morgan fingerprint density at radius 1 is 0.846 bits per heavy atom. The molecule has 0 radical (unpaired) electrons. The third kappa shape index (κ3) is 9.05. The van der Waals surface area contributed by atoms with Crippen LogP contribution in [-0.4, -0.2) is 29.7 Å². The zero-order valence-corrected chi connectivity index (χ0v) is 16.3. The van der Waals surface area contributed by atoms with Crippen LogP contribution in [0.2, 0.25) is 0 Å². The second-order valence-corrected chi connectivity index (χ2v) is 7.91. The Morgan fingerprint density at radius 3 is 1.54 bits per heavy atom. The van der Waals surface area contributed by atoms with Crippen LogP contribution in [-0.2, 0) is 22.6 Å². The predicted molar refractivity (Wildman–Crippen MR) is 98.0 cm³/mol. The van der Waals surface area contributed by atoms with E-state index in [1.54, 1.807) is 59.7 Å². The molecular formula is C19H28N2O5. The molecule has 1 rings (SSSR count). The summed E-state index contributed by atoms with van der Waals surface area (Å²) in [5.41, 5.74) is 0.728. The van der Waals surface area contributed by atoms with Crippen molar-refractivity contribution in [3.8, 4) is 0 Å². The number of alkyl carbamates (subject to hydrolysis) is 2. The van der Waals surface area contributed by atoms with Crippen LogP contribution in [0.5, 0.6) is 0 Å². The van der Waals surface area contributed by atoms with Gasteiger partial charge in [-0.2, -0.15) is 0 Å². The summed E-state index contributed by atoms with van der Waals surface area (Å²) < 4.78 is 10.4. The van der Waals surface area contributed by atoms with Crippen molar-refractivity contribution in [3.63, 3.8) is 0 Å². The molecule has 7 nitrogen and oxygen atoms in total. The predicted octanol–water partition coefficient (Wildman–Crippen LogP) is 3.55. The average Bonchev–Trinajstić information content (AvgIpc) is 2.47. The first kappa shape index (κ1) is 21.5. The molecule has 0 aromatic heterocycles. The lowest BCUT2D eigenvalue weighted by Crippen LogP contribution is -2.32. The molecule has 0 bridgehead atoms. The molecule has 0 unspecified atom stereocenters. The van der Waals surface area contributed by atoms with Gasteiger partial charge in [-0.25, -0.2) is 9.59 Å². The number of hydrogen-bond donors (Lipinski definition) is 2. The van der Waals surface area contributed by atoms with Gasteiger partial charge < -0.3 is 20.1 Å². The molecule has 2 N–H and O–H groups in total. The summed E-state index contributed by atoms with van der Waals surface area (Å²) >= 11 is 0. The molecule has 0 saturated carbocycles. The Bertz CT molecular complexity index is 607. The smallest absolute Gasteiger partial charge is 0.407 e. The average molecular weight is 364 g/mol. The molecule has 1 aromatic carbocycles. The summed E-state index contributed by atoms with van der Waals surface area (Å²) in [5, 5.41) is 5.28. The van der Waals surface area contributed by atoms with Gasteiger partial charge >= 0.3 is 12.2 Å². The van der Waals surface area contributed by atoms with Gasteiger partial charge in [0.05, 0.1) is 0 Å². The quantitative estimate of drug-likeness (QED) is 0.779. The first-order valence-electron chi connectivity index (χ1n) is 8.40. The van der Waals surface area contributed by atoms with Gasteiger partial charge in [-0.05, 0) is 64.8 Å². The number of rotatable bonds is 5. The van der Waals surface area contributed by atoms with Crippen LogP contribution in [0.4, 0.5) is 9.59 Å². The van der Waals surface area contributed by atoms with Gasteiger partial charge in [0.1, 0.15) is 17.5 Å². The monoisotopic (exact) mass is 364 g/mol. The largest absolute Gasteiger partial charge is 0.444 e. The van der Waals surface area contributed by atoms with Gasteiger partial charge in [0.25, 0.3) is 0 Å². The Labute approximate surface area is 154 Å². The highest BCUT2D eigenvalue weighted by Gasteiger charge is 2.17. The molecule has 144 valence electrons. The van der Waals surface area contributed by atoms with E-state index < -0.39 is 23.4 Å². The number of nitrogens with one attached hydrogen (secondary N) is 2. The summed E-state index contributed by atoms with van der Waals surface area (Å²) in [4.78, 5) is 34.6. The van der Waals surface area contributed by atoms with Crippen molar-refractivity contribution in [3.05, 3.63) is 34.9 Å². The number of hydrogen-bond acceptors (Lipinski definition) is 5.